The van der Waals surface area contributed by atoms with E-state index in [0.29, 0.717) is 0 Å². The number of aromatic nitrogens is 5. The van der Waals surface area contributed by atoms with Crippen LogP contribution in [-0.2, 0) is 0 Å². The van der Waals surface area contributed by atoms with Gasteiger partial charge in [0.1, 0.15) is 0 Å². The molecule has 0 unspecified atom stereocenters. The van der Waals surface area contributed by atoms with Gasteiger partial charge in [-0.1, -0.05) is 12.1 Å². The minimum absolute atomic E-state index is 0.247. The first kappa shape index (κ1) is 14.1. The molecule has 4 aromatic rings. The van der Waals surface area contributed by atoms with Crippen molar-refractivity contribution in [2.45, 2.75) is 0 Å². The minimum atomic E-state index is 0.247. The molecule has 116 valence electrons. The zero-order valence-corrected chi connectivity index (χ0v) is 12.7. The molecule has 0 spiro atoms. The quantitative estimate of drug-likeness (QED) is 0.628. The molecule has 2 N–H and O–H groups in total. The highest BCUT2D eigenvalue weighted by molar-refractivity contribution is 5.81. The lowest BCUT2D eigenvalue weighted by Crippen LogP contribution is -1.99. The molecule has 0 aliphatic rings. The van der Waals surface area contributed by atoms with Gasteiger partial charge in [0.15, 0.2) is 0 Å². The molecule has 0 fully saturated rings. The molecular weight excluding hydrogens is 300 g/mol. The second-order valence-electron chi connectivity index (χ2n) is 5.25. The third kappa shape index (κ3) is 2.61. The van der Waals surface area contributed by atoms with E-state index in [1.807, 2.05) is 41.1 Å². The first-order valence-corrected chi connectivity index (χ1v) is 7.43. The topological polar surface area (TPSA) is 82.5 Å². The molecule has 0 aliphatic carbocycles. The van der Waals surface area contributed by atoms with Crippen molar-refractivity contribution in [1.82, 2.24) is 24.5 Å². The van der Waals surface area contributed by atoms with E-state index in [2.05, 4.69) is 26.0 Å². The molecule has 1 aromatic carbocycles. The molecule has 0 atom stereocenters. The summed E-state index contributed by atoms with van der Waals surface area (Å²) in [4.78, 5) is 16.7. The maximum Gasteiger partial charge on any atom is 0.220 e. The van der Waals surface area contributed by atoms with Gasteiger partial charge < -0.3 is 10.3 Å². The summed E-state index contributed by atoms with van der Waals surface area (Å²) in [5.41, 5.74) is 10.5. The molecule has 6 heteroatoms. The summed E-state index contributed by atoms with van der Waals surface area (Å²) in [6.45, 7) is 0. The molecule has 6 nitrogen and oxygen atoms in total. The standard InChI is InChI=1S/C18H14N6/c19-18-22-11-16(17(23-18)13-4-6-20-7-5-13)14-2-1-3-15(10-14)24-9-8-21-12-24/h1-12H,(H2,19,22,23). The fraction of sp³-hybridized carbons (Fsp3) is 0. The third-order valence-corrected chi connectivity index (χ3v) is 3.72. The number of rotatable bonds is 3. The van der Waals surface area contributed by atoms with E-state index in [1.165, 1.54) is 0 Å². The van der Waals surface area contributed by atoms with Gasteiger partial charge in [0.25, 0.3) is 0 Å². The highest BCUT2D eigenvalue weighted by Crippen LogP contribution is 2.31. The van der Waals surface area contributed by atoms with Crippen molar-refractivity contribution >= 4 is 5.95 Å². The van der Waals surface area contributed by atoms with Gasteiger partial charge in [-0.3, -0.25) is 4.98 Å². The lowest BCUT2D eigenvalue weighted by Gasteiger charge is -2.11. The van der Waals surface area contributed by atoms with Crippen LogP contribution in [0.2, 0.25) is 0 Å². The Bertz CT molecular complexity index is 964. The minimum Gasteiger partial charge on any atom is -0.368 e. The van der Waals surface area contributed by atoms with Crippen LogP contribution < -0.4 is 5.73 Å². The van der Waals surface area contributed by atoms with Crippen LogP contribution in [-0.4, -0.2) is 24.5 Å². The van der Waals surface area contributed by atoms with Crippen molar-refractivity contribution in [2.24, 2.45) is 0 Å². The molecular formula is C18H14N6. The number of pyridine rings is 1. The number of imidazole rings is 1. The third-order valence-electron chi connectivity index (χ3n) is 3.72. The summed E-state index contributed by atoms with van der Waals surface area (Å²) in [7, 11) is 0. The van der Waals surface area contributed by atoms with Gasteiger partial charge in [0.2, 0.25) is 5.95 Å². The Morgan fingerprint density at radius 3 is 2.58 bits per heavy atom. The average Bonchev–Trinajstić information content (AvgIpc) is 3.17. The molecule has 4 rings (SSSR count). The Morgan fingerprint density at radius 2 is 1.79 bits per heavy atom. The average molecular weight is 314 g/mol. The predicted molar refractivity (Wildman–Crippen MR) is 92.2 cm³/mol. The number of hydrogen-bond acceptors (Lipinski definition) is 5. The van der Waals surface area contributed by atoms with Gasteiger partial charge in [-0.25, -0.2) is 15.0 Å². The molecule has 3 aromatic heterocycles. The predicted octanol–water partition coefficient (Wildman–Crippen LogP) is 2.97. The molecule has 0 bridgehead atoms. The number of nitrogen functional groups attached to an aromatic ring is 1. The molecule has 0 saturated carbocycles. The van der Waals surface area contributed by atoms with Crippen molar-refractivity contribution in [3.05, 3.63) is 73.7 Å². The van der Waals surface area contributed by atoms with E-state index in [9.17, 15) is 0 Å². The Labute approximate surface area is 138 Å². The highest BCUT2D eigenvalue weighted by atomic mass is 15.0. The Morgan fingerprint density at radius 1 is 0.917 bits per heavy atom. The fourth-order valence-corrected chi connectivity index (χ4v) is 2.58. The van der Waals surface area contributed by atoms with Crippen LogP contribution in [0.15, 0.2) is 73.7 Å². The number of anilines is 1. The number of nitrogens with zero attached hydrogens (tertiary/aromatic N) is 5. The zero-order chi connectivity index (χ0) is 16.4. The van der Waals surface area contributed by atoms with Gasteiger partial charge in [-0.15, -0.1) is 0 Å². The summed E-state index contributed by atoms with van der Waals surface area (Å²) in [5.74, 6) is 0.247. The van der Waals surface area contributed by atoms with Crippen LogP contribution >= 0.6 is 0 Å². The first-order chi connectivity index (χ1) is 11.8. The smallest absolute Gasteiger partial charge is 0.220 e. The Balaban J connectivity index is 1.87. The van der Waals surface area contributed by atoms with Crippen LogP contribution in [0, 0.1) is 0 Å². The zero-order valence-electron chi connectivity index (χ0n) is 12.7. The lowest BCUT2D eigenvalue weighted by atomic mass is 10.0. The second kappa shape index (κ2) is 5.92. The van der Waals surface area contributed by atoms with Crippen LogP contribution in [0.1, 0.15) is 0 Å². The van der Waals surface area contributed by atoms with Crippen molar-refractivity contribution in [2.75, 3.05) is 5.73 Å². The Hall–Kier alpha value is -3.54. The summed E-state index contributed by atoms with van der Waals surface area (Å²) >= 11 is 0. The van der Waals surface area contributed by atoms with Crippen molar-refractivity contribution in [3.8, 4) is 28.1 Å². The molecule has 0 amide bonds. The van der Waals surface area contributed by atoms with Gasteiger partial charge in [-0.2, -0.15) is 0 Å². The number of benzene rings is 1. The van der Waals surface area contributed by atoms with Crippen molar-refractivity contribution in [3.63, 3.8) is 0 Å². The van der Waals surface area contributed by atoms with Crippen molar-refractivity contribution < 1.29 is 0 Å². The Kier molecular flexibility index (Phi) is 3.47. The van der Waals surface area contributed by atoms with Gasteiger partial charge in [-0.05, 0) is 29.8 Å². The van der Waals surface area contributed by atoms with Gasteiger partial charge >= 0.3 is 0 Å². The number of nitrogens with two attached hydrogens (primary N) is 1. The molecule has 0 aliphatic heterocycles. The largest absolute Gasteiger partial charge is 0.368 e. The fourth-order valence-electron chi connectivity index (χ4n) is 2.58. The van der Waals surface area contributed by atoms with Crippen molar-refractivity contribution in [1.29, 1.82) is 0 Å². The van der Waals surface area contributed by atoms with Gasteiger partial charge in [0.05, 0.1) is 12.0 Å². The van der Waals surface area contributed by atoms with E-state index in [-0.39, 0.29) is 5.95 Å². The van der Waals surface area contributed by atoms with E-state index in [0.717, 1.165) is 28.1 Å². The maximum atomic E-state index is 5.80. The second-order valence-corrected chi connectivity index (χ2v) is 5.25. The summed E-state index contributed by atoms with van der Waals surface area (Å²) in [5, 5.41) is 0. The normalized spacial score (nSPS) is 10.7. The molecule has 0 radical (unpaired) electrons. The van der Waals surface area contributed by atoms with Crippen LogP contribution in [0.4, 0.5) is 5.95 Å². The van der Waals surface area contributed by atoms with E-state index in [1.54, 1.807) is 31.1 Å². The van der Waals surface area contributed by atoms with E-state index in [4.69, 9.17) is 5.73 Å². The first-order valence-electron chi connectivity index (χ1n) is 7.43. The molecule has 3 heterocycles. The molecule has 0 saturated heterocycles. The van der Waals surface area contributed by atoms with E-state index < -0.39 is 0 Å². The summed E-state index contributed by atoms with van der Waals surface area (Å²) in [6.07, 6.45) is 10.6. The maximum absolute atomic E-state index is 5.80. The van der Waals surface area contributed by atoms with Gasteiger partial charge in [0, 0.05) is 47.8 Å². The summed E-state index contributed by atoms with van der Waals surface area (Å²) in [6, 6.07) is 11.9. The van der Waals surface area contributed by atoms with Crippen LogP contribution in [0.5, 0.6) is 0 Å². The summed E-state index contributed by atoms with van der Waals surface area (Å²) < 4.78 is 1.95. The molecule has 24 heavy (non-hydrogen) atoms. The van der Waals surface area contributed by atoms with E-state index >= 15 is 0 Å². The van der Waals surface area contributed by atoms with Crippen LogP contribution in [0.3, 0.4) is 0 Å². The highest BCUT2D eigenvalue weighted by Gasteiger charge is 2.11. The SMILES string of the molecule is Nc1ncc(-c2cccc(-n3ccnc3)c2)c(-c2ccncc2)n1. The number of hydrogen-bond donors (Lipinski definition) is 1. The monoisotopic (exact) mass is 314 g/mol. The van der Waals surface area contributed by atoms with Crippen LogP contribution in [0.25, 0.3) is 28.1 Å². The lowest BCUT2D eigenvalue weighted by molar-refractivity contribution is 1.06.